The lowest BCUT2D eigenvalue weighted by molar-refractivity contribution is 0.0939. The summed E-state index contributed by atoms with van der Waals surface area (Å²) in [6.07, 6.45) is 2.92. The van der Waals surface area contributed by atoms with Gasteiger partial charge in [-0.15, -0.1) is 10.2 Å². The number of rotatable bonds is 5. The van der Waals surface area contributed by atoms with Crippen LogP contribution in [0.4, 0.5) is 5.13 Å². The molecule has 1 amide bonds. The first-order valence-electron chi connectivity index (χ1n) is 4.56. The highest BCUT2D eigenvalue weighted by Gasteiger charge is 2.15. The molecule has 0 aliphatic heterocycles. The van der Waals surface area contributed by atoms with Gasteiger partial charge in [-0.25, -0.2) is 0 Å². The zero-order valence-electron chi connectivity index (χ0n) is 8.69. The molecule has 0 saturated carbocycles. The second kappa shape index (κ2) is 5.92. The van der Waals surface area contributed by atoms with Gasteiger partial charge in [-0.1, -0.05) is 18.3 Å². The van der Waals surface area contributed by atoms with Crippen LogP contribution in [0, 0.1) is 0 Å². The number of nitrogens with one attached hydrogen (secondary N) is 1. The number of nitrogen functional groups attached to an aromatic ring is 1. The van der Waals surface area contributed by atoms with Gasteiger partial charge in [0.15, 0.2) is 0 Å². The Morgan fingerprint density at radius 2 is 2.40 bits per heavy atom. The van der Waals surface area contributed by atoms with Gasteiger partial charge >= 0.3 is 0 Å². The summed E-state index contributed by atoms with van der Waals surface area (Å²) < 4.78 is 0. The van der Waals surface area contributed by atoms with Crippen molar-refractivity contribution >= 4 is 34.1 Å². The average Bonchev–Trinajstić information content (AvgIpc) is 2.64. The highest BCUT2D eigenvalue weighted by molar-refractivity contribution is 7.98. The summed E-state index contributed by atoms with van der Waals surface area (Å²) in [5.74, 6) is 0.710. The molecule has 0 fully saturated rings. The van der Waals surface area contributed by atoms with E-state index in [9.17, 15) is 4.79 Å². The van der Waals surface area contributed by atoms with Gasteiger partial charge in [0.1, 0.15) is 0 Å². The van der Waals surface area contributed by atoms with E-state index in [2.05, 4.69) is 15.5 Å². The molecule has 0 aliphatic rings. The van der Waals surface area contributed by atoms with Crippen LogP contribution >= 0.6 is 23.1 Å². The van der Waals surface area contributed by atoms with Crippen LogP contribution in [0.3, 0.4) is 0 Å². The van der Waals surface area contributed by atoms with Gasteiger partial charge in [0.05, 0.1) is 0 Å². The number of carbonyl (C=O) groups is 1. The molecule has 84 valence electrons. The molecule has 1 unspecified atom stereocenters. The van der Waals surface area contributed by atoms with E-state index in [4.69, 9.17) is 5.73 Å². The molecular formula is C8H14N4OS2. The predicted molar refractivity (Wildman–Crippen MR) is 64.2 cm³/mol. The molecule has 15 heavy (non-hydrogen) atoms. The van der Waals surface area contributed by atoms with Crippen LogP contribution in [0.25, 0.3) is 0 Å². The zero-order valence-corrected chi connectivity index (χ0v) is 10.3. The van der Waals surface area contributed by atoms with E-state index in [0.717, 1.165) is 23.5 Å². The van der Waals surface area contributed by atoms with E-state index in [1.54, 1.807) is 11.8 Å². The van der Waals surface area contributed by atoms with E-state index in [1.807, 2.05) is 13.2 Å². The van der Waals surface area contributed by atoms with Gasteiger partial charge in [0.25, 0.3) is 5.91 Å². The summed E-state index contributed by atoms with van der Waals surface area (Å²) in [6.45, 7) is 2.04. The summed E-state index contributed by atoms with van der Waals surface area (Å²) in [7, 11) is 0. The third-order valence-electron chi connectivity index (χ3n) is 1.83. The van der Waals surface area contributed by atoms with E-state index in [1.165, 1.54) is 0 Å². The van der Waals surface area contributed by atoms with Crippen LogP contribution in [0.2, 0.25) is 0 Å². The molecule has 1 aromatic rings. The average molecular weight is 246 g/mol. The standard InChI is InChI=1S/C8H14N4OS2/c1-3-5(4-14-2)10-6(13)7-11-12-8(9)15-7/h5H,3-4H2,1-2H3,(H2,9,12)(H,10,13). The second-order valence-electron chi connectivity index (χ2n) is 2.98. The summed E-state index contributed by atoms with van der Waals surface area (Å²) in [4.78, 5) is 11.6. The van der Waals surface area contributed by atoms with Gasteiger partial charge in [0, 0.05) is 11.8 Å². The molecule has 0 bridgehead atoms. The smallest absolute Gasteiger partial charge is 0.282 e. The second-order valence-corrected chi connectivity index (χ2v) is 4.90. The largest absolute Gasteiger partial charge is 0.374 e. The van der Waals surface area contributed by atoms with Crippen LogP contribution in [-0.2, 0) is 0 Å². The van der Waals surface area contributed by atoms with Crippen molar-refractivity contribution in [3.63, 3.8) is 0 Å². The van der Waals surface area contributed by atoms with Gasteiger partial charge in [-0.05, 0) is 12.7 Å². The van der Waals surface area contributed by atoms with Crippen LogP contribution < -0.4 is 11.1 Å². The summed E-state index contributed by atoms with van der Waals surface area (Å²) in [6, 6.07) is 0.178. The Balaban J connectivity index is 2.54. The van der Waals surface area contributed by atoms with Crippen molar-refractivity contribution in [3.8, 4) is 0 Å². The van der Waals surface area contributed by atoms with Crippen LogP contribution in [0.15, 0.2) is 0 Å². The third kappa shape index (κ3) is 3.67. The number of carbonyl (C=O) groups excluding carboxylic acids is 1. The van der Waals surface area contributed by atoms with Gasteiger partial charge < -0.3 is 11.1 Å². The number of nitrogens with zero attached hydrogens (tertiary/aromatic N) is 2. The van der Waals surface area contributed by atoms with Gasteiger partial charge in [0.2, 0.25) is 10.1 Å². The van der Waals surface area contributed by atoms with E-state index in [-0.39, 0.29) is 11.9 Å². The lowest BCUT2D eigenvalue weighted by Crippen LogP contribution is -2.36. The van der Waals surface area contributed by atoms with Crippen molar-refractivity contribution in [2.24, 2.45) is 0 Å². The van der Waals surface area contributed by atoms with Crippen molar-refractivity contribution in [2.45, 2.75) is 19.4 Å². The number of nitrogens with two attached hydrogens (primary N) is 1. The van der Waals surface area contributed by atoms with Crippen molar-refractivity contribution < 1.29 is 4.79 Å². The van der Waals surface area contributed by atoms with Crippen LogP contribution in [-0.4, -0.2) is 34.2 Å². The van der Waals surface area contributed by atoms with Crippen LogP contribution in [0.5, 0.6) is 0 Å². The third-order valence-corrected chi connectivity index (χ3v) is 3.32. The quantitative estimate of drug-likeness (QED) is 0.810. The number of hydrogen-bond donors (Lipinski definition) is 2. The van der Waals surface area contributed by atoms with Gasteiger partial charge in [-0.3, -0.25) is 4.79 Å². The maximum atomic E-state index is 11.6. The Kier molecular flexibility index (Phi) is 4.83. The highest BCUT2D eigenvalue weighted by Crippen LogP contribution is 2.11. The maximum absolute atomic E-state index is 11.6. The number of amides is 1. The zero-order chi connectivity index (χ0) is 11.3. The first kappa shape index (κ1) is 12.3. The Hall–Kier alpha value is -0.820. The fourth-order valence-corrected chi connectivity index (χ4v) is 2.27. The predicted octanol–water partition coefficient (Wildman–Crippen LogP) is 0.992. The number of aromatic nitrogens is 2. The lowest BCUT2D eigenvalue weighted by Gasteiger charge is -2.13. The Labute approximate surface area is 96.8 Å². The molecule has 3 N–H and O–H groups in total. The van der Waals surface area contributed by atoms with Gasteiger partial charge in [-0.2, -0.15) is 11.8 Å². The van der Waals surface area contributed by atoms with Crippen molar-refractivity contribution in [3.05, 3.63) is 5.01 Å². The number of hydrogen-bond acceptors (Lipinski definition) is 6. The van der Waals surface area contributed by atoms with Crippen molar-refractivity contribution in [1.29, 1.82) is 0 Å². The molecule has 5 nitrogen and oxygen atoms in total. The summed E-state index contributed by atoms with van der Waals surface area (Å²) in [5, 5.41) is 10.8. The molecule has 0 aromatic carbocycles. The number of anilines is 1. The van der Waals surface area contributed by atoms with E-state index < -0.39 is 0 Å². The first-order chi connectivity index (χ1) is 7.17. The first-order valence-corrected chi connectivity index (χ1v) is 6.77. The van der Waals surface area contributed by atoms with Crippen molar-refractivity contribution in [2.75, 3.05) is 17.7 Å². The molecule has 0 radical (unpaired) electrons. The molecular weight excluding hydrogens is 232 g/mol. The molecule has 0 saturated heterocycles. The lowest BCUT2D eigenvalue weighted by atomic mass is 10.2. The molecule has 1 aromatic heterocycles. The normalized spacial score (nSPS) is 12.4. The Bertz CT molecular complexity index is 328. The molecule has 0 aliphatic carbocycles. The fourth-order valence-electron chi connectivity index (χ4n) is 1.04. The minimum Gasteiger partial charge on any atom is -0.374 e. The Morgan fingerprint density at radius 1 is 1.67 bits per heavy atom. The monoisotopic (exact) mass is 246 g/mol. The minimum atomic E-state index is -0.190. The maximum Gasteiger partial charge on any atom is 0.282 e. The minimum absolute atomic E-state index is 0.178. The SMILES string of the molecule is CCC(CSC)NC(=O)c1nnc(N)s1. The van der Waals surface area contributed by atoms with Crippen LogP contribution in [0.1, 0.15) is 23.1 Å². The molecule has 1 atom stereocenters. The van der Waals surface area contributed by atoms with E-state index >= 15 is 0 Å². The fraction of sp³-hybridized carbons (Fsp3) is 0.625. The molecule has 1 heterocycles. The molecule has 7 heteroatoms. The number of thioether (sulfide) groups is 1. The Morgan fingerprint density at radius 3 is 2.87 bits per heavy atom. The summed E-state index contributed by atoms with van der Waals surface area (Å²) >= 11 is 2.81. The molecule has 0 spiro atoms. The topological polar surface area (TPSA) is 80.9 Å². The molecule has 1 rings (SSSR count). The van der Waals surface area contributed by atoms with Crippen molar-refractivity contribution in [1.82, 2.24) is 15.5 Å². The van der Waals surface area contributed by atoms with E-state index in [0.29, 0.717) is 10.1 Å². The highest BCUT2D eigenvalue weighted by atomic mass is 32.2. The summed E-state index contributed by atoms with van der Waals surface area (Å²) in [5.41, 5.74) is 5.40.